The predicted molar refractivity (Wildman–Crippen MR) is 65.2 cm³/mol. The van der Waals surface area contributed by atoms with Crippen LogP contribution in [-0.2, 0) is 0 Å². The van der Waals surface area contributed by atoms with Gasteiger partial charge in [-0.3, -0.25) is 0 Å². The summed E-state index contributed by atoms with van der Waals surface area (Å²) in [5.74, 6) is 0. The normalized spacial score (nSPS) is 13.3. The highest BCUT2D eigenvalue weighted by molar-refractivity contribution is 9.10. The highest BCUT2D eigenvalue weighted by Crippen LogP contribution is 2.30. The third kappa shape index (κ3) is 1.76. The van der Waals surface area contributed by atoms with Gasteiger partial charge in [-0.2, -0.15) is 5.10 Å². The van der Waals surface area contributed by atoms with E-state index in [0.717, 1.165) is 21.9 Å². The molecular weight excluding hydrogens is 277 g/mol. The van der Waals surface area contributed by atoms with Crippen molar-refractivity contribution in [3.8, 4) is 0 Å². The van der Waals surface area contributed by atoms with Gasteiger partial charge in [-0.05, 0) is 29.3 Å². The third-order valence-electron chi connectivity index (χ3n) is 2.52. The smallest absolute Gasteiger partial charge is 0.159 e. The summed E-state index contributed by atoms with van der Waals surface area (Å²) in [6.45, 7) is 4.24. The van der Waals surface area contributed by atoms with Crippen LogP contribution in [-0.4, -0.2) is 14.8 Å². The molecule has 2 aromatic rings. The van der Waals surface area contributed by atoms with E-state index in [2.05, 4.69) is 39.9 Å². The second-order valence-corrected chi connectivity index (χ2v) is 4.74. The van der Waals surface area contributed by atoms with Crippen LogP contribution >= 0.6 is 27.5 Å². The minimum Gasteiger partial charge on any atom is -0.244 e. The van der Waals surface area contributed by atoms with Gasteiger partial charge in [0, 0.05) is 6.20 Å². The molecule has 0 aliphatic rings. The largest absolute Gasteiger partial charge is 0.244 e. The molecule has 0 bridgehead atoms. The van der Waals surface area contributed by atoms with Crippen LogP contribution in [0.1, 0.15) is 26.3 Å². The molecular formula is C10H11BrClN3. The SMILES string of the molecule is CCC(C)n1ncc2c(Cl)c(Br)cnc21. The third-order valence-corrected chi connectivity index (χ3v) is 3.76. The molecule has 2 aromatic heterocycles. The molecule has 3 nitrogen and oxygen atoms in total. The first-order chi connectivity index (χ1) is 7.15. The number of rotatable bonds is 2. The Kier molecular flexibility index (Phi) is 2.98. The maximum Gasteiger partial charge on any atom is 0.159 e. The maximum absolute atomic E-state index is 6.15. The number of fused-ring (bicyclic) bond motifs is 1. The fourth-order valence-corrected chi connectivity index (χ4v) is 1.94. The minimum absolute atomic E-state index is 0.340. The summed E-state index contributed by atoms with van der Waals surface area (Å²) in [4.78, 5) is 4.34. The van der Waals surface area contributed by atoms with E-state index < -0.39 is 0 Å². The average Bonchev–Trinajstić information content (AvgIpc) is 2.66. The highest BCUT2D eigenvalue weighted by atomic mass is 79.9. The van der Waals surface area contributed by atoms with E-state index in [4.69, 9.17) is 11.6 Å². The molecule has 0 saturated heterocycles. The molecule has 2 heterocycles. The lowest BCUT2D eigenvalue weighted by Gasteiger charge is -2.09. The van der Waals surface area contributed by atoms with Gasteiger partial charge in [0.15, 0.2) is 5.65 Å². The Labute approximate surface area is 102 Å². The van der Waals surface area contributed by atoms with Crippen LogP contribution in [0.5, 0.6) is 0 Å². The minimum atomic E-state index is 0.340. The lowest BCUT2D eigenvalue weighted by molar-refractivity contribution is 0.490. The van der Waals surface area contributed by atoms with Crippen molar-refractivity contribution in [2.75, 3.05) is 0 Å². The summed E-state index contributed by atoms with van der Waals surface area (Å²) < 4.78 is 2.72. The predicted octanol–water partition coefficient (Wildman–Crippen LogP) is 3.82. The summed E-state index contributed by atoms with van der Waals surface area (Å²) in [6, 6.07) is 0.340. The van der Waals surface area contributed by atoms with Gasteiger partial charge in [0.25, 0.3) is 0 Å². The fourth-order valence-electron chi connectivity index (χ4n) is 1.44. The van der Waals surface area contributed by atoms with Gasteiger partial charge in [-0.15, -0.1) is 0 Å². The standard InChI is InChI=1S/C10H11BrClN3/c1-3-6(2)15-10-7(4-14-15)9(12)8(11)5-13-10/h4-6H,3H2,1-2H3. The Hall–Kier alpha value is -0.610. The van der Waals surface area contributed by atoms with E-state index in [1.807, 2.05) is 4.68 Å². The summed E-state index contributed by atoms with van der Waals surface area (Å²) >= 11 is 9.50. The Balaban J connectivity index is 2.67. The lowest BCUT2D eigenvalue weighted by Crippen LogP contribution is -2.06. The molecule has 1 unspecified atom stereocenters. The first kappa shape index (κ1) is 10.9. The molecule has 0 radical (unpaired) electrons. The molecule has 0 aliphatic heterocycles. The zero-order chi connectivity index (χ0) is 11.0. The van der Waals surface area contributed by atoms with Crippen LogP contribution in [0, 0.1) is 0 Å². The van der Waals surface area contributed by atoms with E-state index in [9.17, 15) is 0 Å². The van der Waals surface area contributed by atoms with Crippen LogP contribution in [0.25, 0.3) is 11.0 Å². The topological polar surface area (TPSA) is 30.7 Å². The summed E-state index contributed by atoms with van der Waals surface area (Å²) in [6.07, 6.45) is 4.50. The Bertz CT molecular complexity index is 495. The summed E-state index contributed by atoms with van der Waals surface area (Å²) in [7, 11) is 0. The molecule has 5 heteroatoms. The molecule has 0 aromatic carbocycles. The van der Waals surface area contributed by atoms with Crippen molar-refractivity contribution in [1.29, 1.82) is 0 Å². The maximum atomic E-state index is 6.15. The molecule has 0 aliphatic carbocycles. The zero-order valence-electron chi connectivity index (χ0n) is 8.54. The molecule has 0 saturated carbocycles. The Morgan fingerprint density at radius 3 is 2.93 bits per heavy atom. The number of pyridine rings is 1. The number of hydrogen-bond donors (Lipinski definition) is 0. The first-order valence-corrected chi connectivity index (χ1v) is 5.99. The molecule has 80 valence electrons. The average molecular weight is 289 g/mol. The van der Waals surface area contributed by atoms with E-state index in [1.54, 1.807) is 12.4 Å². The van der Waals surface area contributed by atoms with Crippen molar-refractivity contribution < 1.29 is 0 Å². The Morgan fingerprint density at radius 1 is 1.53 bits per heavy atom. The van der Waals surface area contributed by atoms with Gasteiger partial charge in [0.05, 0.1) is 27.1 Å². The van der Waals surface area contributed by atoms with Gasteiger partial charge in [0.1, 0.15) is 0 Å². The van der Waals surface area contributed by atoms with Crippen LogP contribution in [0.4, 0.5) is 0 Å². The van der Waals surface area contributed by atoms with Gasteiger partial charge in [-0.25, -0.2) is 9.67 Å². The summed E-state index contributed by atoms with van der Waals surface area (Å²) in [5, 5.41) is 5.89. The second-order valence-electron chi connectivity index (χ2n) is 3.50. The monoisotopic (exact) mass is 287 g/mol. The molecule has 0 spiro atoms. The van der Waals surface area contributed by atoms with E-state index in [1.165, 1.54) is 0 Å². The quantitative estimate of drug-likeness (QED) is 0.841. The Morgan fingerprint density at radius 2 is 2.27 bits per heavy atom. The van der Waals surface area contributed by atoms with Gasteiger partial charge < -0.3 is 0 Å². The van der Waals surface area contributed by atoms with Crippen molar-refractivity contribution in [1.82, 2.24) is 14.8 Å². The number of hydrogen-bond acceptors (Lipinski definition) is 2. The van der Waals surface area contributed by atoms with Gasteiger partial charge in [0.2, 0.25) is 0 Å². The van der Waals surface area contributed by atoms with Gasteiger partial charge >= 0.3 is 0 Å². The highest BCUT2D eigenvalue weighted by Gasteiger charge is 2.12. The van der Waals surface area contributed by atoms with Gasteiger partial charge in [-0.1, -0.05) is 18.5 Å². The van der Waals surface area contributed by atoms with Crippen molar-refractivity contribution in [2.45, 2.75) is 26.3 Å². The van der Waals surface area contributed by atoms with Crippen molar-refractivity contribution in [3.05, 3.63) is 21.9 Å². The van der Waals surface area contributed by atoms with Crippen molar-refractivity contribution in [2.24, 2.45) is 0 Å². The fraction of sp³-hybridized carbons (Fsp3) is 0.400. The second kappa shape index (κ2) is 4.10. The number of halogens is 2. The van der Waals surface area contributed by atoms with Crippen LogP contribution < -0.4 is 0 Å². The number of aromatic nitrogens is 3. The number of nitrogens with zero attached hydrogens (tertiary/aromatic N) is 3. The van der Waals surface area contributed by atoms with Crippen LogP contribution in [0.3, 0.4) is 0 Å². The molecule has 0 amide bonds. The van der Waals surface area contributed by atoms with E-state index in [0.29, 0.717) is 11.1 Å². The van der Waals surface area contributed by atoms with E-state index >= 15 is 0 Å². The molecule has 2 rings (SSSR count). The summed E-state index contributed by atoms with van der Waals surface area (Å²) in [5.41, 5.74) is 0.845. The van der Waals surface area contributed by atoms with Crippen LogP contribution in [0.15, 0.2) is 16.9 Å². The molecule has 15 heavy (non-hydrogen) atoms. The molecule has 0 N–H and O–H groups in total. The lowest BCUT2D eigenvalue weighted by atomic mass is 10.2. The van der Waals surface area contributed by atoms with E-state index in [-0.39, 0.29) is 0 Å². The van der Waals surface area contributed by atoms with Crippen LogP contribution in [0.2, 0.25) is 5.02 Å². The molecule has 0 fully saturated rings. The van der Waals surface area contributed by atoms with Crippen molar-refractivity contribution in [3.63, 3.8) is 0 Å². The zero-order valence-corrected chi connectivity index (χ0v) is 10.9. The van der Waals surface area contributed by atoms with Crippen molar-refractivity contribution >= 4 is 38.6 Å². The first-order valence-electron chi connectivity index (χ1n) is 4.82. The molecule has 1 atom stereocenters.